The molecule has 1 saturated heterocycles. The third-order valence-corrected chi connectivity index (χ3v) is 6.36. The van der Waals surface area contributed by atoms with Crippen LogP contribution in [0.25, 0.3) is 0 Å². The molecule has 140 valence electrons. The predicted molar refractivity (Wildman–Crippen MR) is 98.7 cm³/mol. The Morgan fingerprint density at radius 3 is 2.42 bits per heavy atom. The van der Waals surface area contributed by atoms with Crippen molar-refractivity contribution >= 4 is 15.7 Å². The van der Waals surface area contributed by atoms with Crippen LogP contribution in [0.15, 0.2) is 54.6 Å². The fourth-order valence-corrected chi connectivity index (χ4v) is 4.71. The molecule has 1 heterocycles. The highest BCUT2D eigenvalue weighted by atomic mass is 32.2. The third kappa shape index (κ3) is 4.80. The van der Waals surface area contributed by atoms with Gasteiger partial charge in [0.25, 0.3) is 6.43 Å². The van der Waals surface area contributed by atoms with E-state index >= 15 is 0 Å². The van der Waals surface area contributed by atoms with Gasteiger partial charge in [-0.1, -0.05) is 42.5 Å². The van der Waals surface area contributed by atoms with Gasteiger partial charge in [-0.3, -0.25) is 9.62 Å². The zero-order valence-electron chi connectivity index (χ0n) is 14.3. The number of para-hydroxylation sites is 1. The molecule has 2 aromatic carbocycles. The maximum atomic E-state index is 12.7. The van der Waals surface area contributed by atoms with E-state index in [9.17, 15) is 17.2 Å². The number of anilines is 1. The Hall–Kier alpha value is -1.99. The molecule has 1 aliphatic rings. The number of sulfonamides is 1. The summed E-state index contributed by atoms with van der Waals surface area (Å²) in [5.41, 5.74) is 1.47. The fraction of sp³-hybridized carbons (Fsp3) is 0.368. The summed E-state index contributed by atoms with van der Waals surface area (Å²) in [4.78, 5) is 2.07. The zero-order chi connectivity index (χ0) is 18.6. The maximum absolute atomic E-state index is 12.7. The summed E-state index contributed by atoms with van der Waals surface area (Å²) in [5.74, 6) is 0. The average Bonchev–Trinajstić information content (AvgIpc) is 2.63. The van der Waals surface area contributed by atoms with Gasteiger partial charge in [-0.25, -0.2) is 17.2 Å². The van der Waals surface area contributed by atoms with E-state index in [0.29, 0.717) is 25.2 Å². The number of hydrogen-bond acceptors (Lipinski definition) is 3. The molecule has 0 radical (unpaired) electrons. The summed E-state index contributed by atoms with van der Waals surface area (Å²) in [6.07, 6.45) is -1.07. The van der Waals surface area contributed by atoms with Crippen molar-refractivity contribution < 1.29 is 17.2 Å². The highest BCUT2D eigenvalue weighted by Crippen LogP contribution is 2.23. The van der Waals surface area contributed by atoms with E-state index in [4.69, 9.17) is 0 Å². The maximum Gasteiger partial charge on any atom is 0.263 e. The van der Waals surface area contributed by atoms with Crippen LogP contribution in [-0.4, -0.2) is 31.7 Å². The molecule has 0 aromatic heterocycles. The number of benzene rings is 2. The van der Waals surface area contributed by atoms with Crippen molar-refractivity contribution in [1.29, 1.82) is 0 Å². The summed E-state index contributed by atoms with van der Waals surface area (Å²) in [7, 11) is -3.47. The number of likely N-dealkylation sites (tertiary alicyclic amines) is 1. The van der Waals surface area contributed by atoms with Crippen molar-refractivity contribution in [2.75, 3.05) is 17.8 Å². The van der Waals surface area contributed by atoms with Gasteiger partial charge in [0.15, 0.2) is 0 Å². The van der Waals surface area contributed by atoms with Gasteiger partial charge in [-0.15, -0.1) is 0 Å². The number of rotatable bonds is 6. The van der Waals surface area contributed by atoms with Crippen LogP contribution >= 0.6 is 0 Å². The lowest BCUT2D eigenvalue weighted by molar-refractivity contribution is 0.151. The first-order valence-electron chi connectivity index (χ1n) is 8.60. The van der Waals surface area contributed by atoms with Crippen LogP contribution in [0.4, 0.5) is 14.5 Å². The quantitative estimate of drug-likeness (QED) is 0.823. The molecule has 1 unspecified atom stereocenters. The van der Waals surface area contributed by atoms with Gasteiger partial charge in [0, 0.05) is 24.3 Å². The van der Waals surface area contributed by atoms with Gasteiger partial charge in [0.1, 0.15) is 0 Å². The number of nitrogens with one attached hydrogen (secondary N) is 1. The summed E-state index contributed by atoms with van der Waals surface area (Å²) < 4.78 is 53.2. The minimum absolute atomic E-state index is 0.0000837. The molecule has 1 fully saturated rings. The molecule has 2 aromatic rings. The van der Waals surface area contributed by atoms with Crippen LogP contribution in [0.3, 0.4) is 0 Å². The summed E-state index contributed by atoms with van der Waals surface area (Å²) in [5, 5.41) is -0.489. The zero-order valence-corrected chi connectivity index (χ0v) is 15.1. The van der Waals surface area contributed by atoms with Crippen molar-refractivity contribution in [3.8, 4) is 0 Å². The number of alkyl halides is 2. The first-order valence-corrected chi connectivity index (χ1v) is 10.1. The second kappa shape index (κ2) is 8.14. The second-order valence-corrected chi connectivity index (χ2v) is 8.52. The second-order valence-electron chi connectivity index (χ2n) is 6.55. The molecule has 0 bridgehead atoms. The Bertz CT molecular complexity index is 811. The van der Waals surface area contributed by atoms with Crippen molar-refractivity contribution in [3.63, 3.8) is 0 Å². The minimum Gasteiger partial charge on any atom is -0.298 e. The SMILES string of the molecule is O=S(=O)(Nc1ccccc1)C1CCCN(Cc2ccc(C(F)F)cc2)C1. The van der Waals surface area contributed by atoms with Crippen LogP contribution < -0.4 is 4.72 Å². The number of nitrogens with zero attached hydrogens (tertiary/aromatic N) is 1. The predicted octanol–water partition coefficient (Wildman–Crippen LogP) is 4.03. The van der Waals surface area contributed by atoms with Gasteiger partial charge in [0.05, 0.1) is 5.25 Å². The molecule has 3 rings (SSSR count). The molecule has 0 aliphatic carbocycles. The van der Waals surface area contributed by atoms with Crippen LogP contribution in [-0.2, 0) is 16.6 Å². The Labute approximate surface area is 152 Å². The highest BCUT2D eigenvalue weighted by Gasteiger charge is 2.30. The molecule has 1 atom stereocenters. The molecule has 4 nitrogen and oxygen atoms in total. The van der Waals surface area contributed by atoms with Crippen molar-refractivity contribution in [2.45, 2.75) is 31.1 Å². The van der Waals surface area contributed by atoms with E-state index in [2.05, 4.69) is 9.62 Å². The van der Waals surface area contributed by atoms with E-state index in [1.54, 1.807) is 36.4 Å². The number of hydrogen-bond donors (Lipinski definition) is 1. The lowest BCUT2D eigenvalue weighted by Crippen LogP contribution is -2.43. The van der Waals surface area contributed by atoms with Crippen LogP contribution in [0.1, 0.15) is 30.4 Å². The molecule has 7 heteroatoms. The summed E-state index contributed by atoms with van der Waals surface area (Å²) in [6.45, 7) is 1.79. The van der Waals surface area contributed by atoms with Crippen LogP contribution in [0.2, 0.25) is 0 Å². The van der Waals surface area contributed by atoms with E-state index in [1.807, 2.05) is 6.07 Å². The van der Waals surface area contributed by atoms with E-state index in [0.717, 1.165) is 18.5 Å². The average molecular weight is 380 g/mol. The summed E-state index contributed by atoms with van der Waals surface area (Å²) in [6, 6.07) is 15.1. The topological polar surface area (TPSA) is 49.4 Å². The van der Waals surface area contributed by atoms with Crippen LogP contribution in [0, 0.1) is 0 Å². The van der Waals surface area contributed by atoms with Gasteiger partial charge in [-0.2, -0.15) is 0 Å². The van der Waals surface area contributed by atoms with Gasteiger partial charge in [0.2, 0.25) is 10.0 Å². The Morgan fingerprint density at radius 2 is 1.77 bits per heavy atom. The molecular formula is C19H22F2N2O2S. The lowest BCUT2D eigenvalue weighted by Gasteiger charge is -2.32. The van der Waals surface area contributed by atoms with Crippen molar-refractivity contribution in [3.05, 3.63) is 65.7 Å². The molecule has 0 spiro atoms. The molecule has 0 amide bonds. The minimum atomic E-state index is -3.47. The Morgan fingerprint density at radius 1 is 1.08 bits per heavy atom. The van der Waals surface area contributed by atoms with E-state index in [1.165, 1.54) is 12.1 Å². The lowest BCUT2D eigenvalue weighted by atomic mass is 10.1. The van der Waals surface area contributed by atoms with Crippen molar-refractivity contribution in [2.24, 2.45) is 0 Å². The highest BCUT2D eigenvalue weighted by molar-refractivity contribution is 7.93. The molecule has 0 saturated carbocycles. The molecule has 1 N–H and O–H groups in total. The van der Waals surface area contributed by atoms with Gasteiger partial charge < -0.3 is 0 Å². The normalized spacial score (nSPS) is 18.8. The molecule has 1 aliphatic heterocycles. The molecule has 26 heavy (non-hydrogen) atoms. The standard InChI is InChI=1S/C19H22F2N2O2S/c20-19(21)16-10-8-15(9-11-16)13-23-12-4-7-18(14-23)26(24,25)22-17-5-2-1-3-6-17/h1-3,5-6,8-11,18-19,22H,4,7,12-14H2. The van der Waals surface area contributed by atoms with Crippen molar-refractivity contribution in [1.82, 2.24) is 4.90 Å². The third-order valence-electron chi connectivity index (χ3n) is 4.57. The number of halogens is 2. The van der Waals surface area contributed by atoms with Gasteiger partial charge >= 0.3 is 0 Å². The van der Waals surface area contributed by atoms with E-state index in [-0.39, 0.29) is 5.56 Å². The molecular weight excluding hydrogens is 358 g/mol. The summed E-state index contributed by atoms with van der Waals surface area (Å²) >= 11 is 0. The van der Waals surface area contributed by atoms with E-state index < -0.39 is 21.7 Å². The smallest absolute Gasteiger partial charge is 0.263 e. The fourth-order valence-electron chi connectivity index (χ4n) is 3.19. The largest absolute Gasteiger partial charge is 0.298 e. The van der Waals surface area contributed by atoms with Crippen LogP contribution in [0.5, 0.6) is 0 Å². The Balaban J connectivity index is 1.63. The number of piperidine rings is 1. The monoisotopic (exact) mass is 380 g/mol. The Kier molecular flexibility index (Phi) is 5.88. The first kappa shape index (κ1) is 18.8. The van der Waals surface area contributed by atoms with Gasteiger partial charge in [-0.05, 0) is 37.1 Å². The first-order chi connectivity index (χ1) is 12.4.